The molecule has 0 spiro atoms. The molecule has 0 bridgehead atoms. The van der Waals surface area contributed by atoms with Gasteiger partial charge in [0.2, 0.25) is 5.91 Å². The van der Waals surface area contributed by atoms with Gasteiger partial charge < -0.3 is 20.2 Å². The molecule has 1 aromatic carbocycles. The van der Waals surface area contributed by atoms with Gasteiger partial charge in [-0.25, -0.2) is 0 Å². The van der Waals surface area contributed by atoms with Crippen molar-refractivity contribution in [2.75, 3.05) is 13.1 Å². The second-order valence-electron chi connectivity index (χ2n) is 9.37. The first-order valence-corrected chi connectivity index (χ1v) is 12.4. The maximum Gasteiger partial charge on any atom is 0.308 e. The monoisotopic (exact) mass is 487 g/mol. The lowest BCUT2D eigenvalue weighted by atomic mass is 9.56. The Hall–Kier alpha value is -3.16. The summed E-state index contributed by atoms with van der Waals surface area (Å²) < 4.78 is 0. The quantitative estimate of drug-likeness (QED) is 0.252. The van der Waals surface area contributed by atoms with Crippen LogP contribution in [0.15, 0.2) is 42.5 Å². The minimum Gasteiger partial charge on any atom is -0.481 e. The molecule has 0 aromatic heterocycles. The first-order valence-electron chi connectivity index (χ1n) is 12.4. The smallest absolute Gasteiger partial charge is 0.308 e. The van der Waals surface area contributed by atoms with Gasteiger partial charge in [-0.3, -0.25) is 19.2 Å². The van der Waals surface area contributed by atoms with Crippen LogP contribution in [0.25, 0.3) is 0 Å². The van der Waals surface area contributed by atoms with Crippen molar-refractivity contribution >= 4 is 23.8 Å². The summed E-state index contributed by atoms with van der Waals surface area (Å²) in [7, 11) is 0. The predicted molar refractivity (Wildman–Crippen MR) is 131 cm³/mol. The largest absolute Gasteiger partial charge is 0.481 e. The van der Waals surface area contributed by atoms with Crippen molar-refractivity contribution in [1.82, 2.24) is 4.90 Å². The molecule has 0 aliphatic heterocycles. The van der Waals surface area contributed by atoms with Crippen LogP contribution in [0.5, 0.6) is 0 Å². The molecule has 1 aromatic rings. The average molecular weight is 488 g/mol. The molecule has 1 saturated carbocycles. The van der Waals surface area contributed by atoms with Crippen LogP contribution in [-0.2, 0) is 25.6 Å². The molecule has 0 radical (unpaired) electrons. The van der Waals surface area contributed by atoms with E-state index < -0.39 is 47.5 Å². The molecule has 0 heterocycles. The number of nitrogens with zero attached hydrogens (tertiary/aromatic N) is 1. The number of hydrogen-bond donors (Lipinski definition) is 3. The van der Waals surface area contributed by atoms with E-state index >= 15 is 0 Å². The van der Waals surface area contributed by atoms with Crippen LogP contribution in [0.3, 0.4) is 0 Å². The van der Waals surface area contributed by atoms with Crippen molar-refractivity contribution in [3.63, 3.8) is 0 Å². The highest BCUT2D eigenvalue weighted by Crippen LogP contribution is 2.48. The van der Waals surface area contributed by atoms with Gasteiger partial charge in [0.15, 0.2) is 0 Å². The van der Waals surface area contributed by atoms with Crippen molar-refractivity contribution in [3.05, 3.63) is 48.0 Å². The first kappa shape index (κ1) is 28.1. The molecule has 3 N–H and O–H groups in total. The van der Waals surface area contributed by atoms with Crippen molar-refractivity contribution < 1.29 is 34.5 Å². The van der Waals surface area contributed by atoms with Gasteiger partial charge in [-0.2, -0.15) is 0 Å². The fourth-order valence-electron chi connectivity index (χ4n) is 4.89. The Kier molecular flexibility index (Phi) is 11.0. The van der Waals surface area contributed by atoms with Gasteiger partial charge in [0.05, 0.1) is 23.7 Å². The zero-order chi connectivity index (χ0) is 26.0. The number of unbranched alkanes of at least 4 members (excludes halogenated alkanes) is 1. The average Bonchev–Trinajstić information content (AvgIpc) is 2.77. The summed E-state index contributed by atoms with van der Waals surface area (Å²) in [5, 5.41) is 28.3. The van der Waals surface area contributed by atoms with Crippen molar-refractivity contribution in [1.29, 1.82) is 0 Å². The third kappa shape index (κ3) is 7.67. The van der Waals surface area contributed by atoms with Gasteiger partial charge in [-0.05, 0) is 50.0 Å². The number of rotatable bonds is 15. The van der Waals surface area contributed by atoms with E-state index in [1.165, 1.54) is 10.5 Å². The zero-order valence-electron chi connectivity index (χ0n) is 20.5. The topological polar surface area (TPSA) is 132 Å². The summed E-state index contributed by atoms with van der Waals surface area (Å²) in [6.07, 6.45) is 9.50. The lowest BCUT2D eigenvalue weighted by Gasteiger charge is -2.45. The molecule has 2 rings (SSSR count). The van der Waals surface area contributed by atoms with Crippen molar-refractivity contribution in [2.45, 2.75) is 52.4 Å². The lowest BCUT2D eigenvalue weighted by Crippen LogP contribution is -2.62. The molecule has 8 nitrogen and oxygen atoms in total. The van der Waals surface area contributed by atoms with Crippen LogP contribution in [0.2, 0.25) is 0 Å². The molecule has 8 heteroatoms. The summed E-state index contributed by atoms with van der Waals surface area (Å²) in [4.78, 5) is 49.3. The molecule has 1 aliphatic rings. The van der Waals surface area contributed by atoms with Crippen LogP contribution < -0.4 is 0 Å². The molecule has 35 heavy (non-hydrogen) atoms. The van der Waals surface area contributed by atoms with E-state index in [-0.39, 0.29) is 0 Å². The van der Waals surface area contributed by atoms with Crippen molar-refractivity contribution in [3.8, 4) is 0 Å². The van der Waals surface area contributed by atoms with E-state index in [2.05, 4.69) is 31.2 Å². The summed E-state index contributed by atoms with van der Waals surface area (Å²) in [5.41, 5.74) is 1.33. The number of carbonyl (C=O) groups excluding carboxylic acids is 1. The van der Waals surface area contributed by atoms with Gasteiger partial charge in [0, 0.05) is 13.1 Å². The van der Waals surface area contributed by atoms with E-state index in [1.807, 2.05) is 25.1 Å². The highest BCUT2D eigenvalue weighted by Gasteiger charge is 2.64. The second-order valence-corrected chi connectivity index (χ2v) is 9.37. The Morgan fingerprint density at radius 2 is 1.46 bits per heavy atom. The molecule has 192 valence electrons. The number of aliphatic carboxylic acids is 3. The normalized spacial score (nSPS) is 22.3. The summed E-state index contributed by atoms with van der Waals surface area (Å²) in [6, 6.07) is 10.4. The Morgan fingerprint density at radius 3 is 2.00 bits per heavy atom. The number of hydrogen-bond acceptors (Lipinski definition) is 4. The van der Waals surface area contributed by atoms with Crippen LogP contribution >= 0.6 is 0 Å². The second kappa shape index (κ2) is 13.7. The van der Waals surface area contributed by atoms with E-state index in [1.54, 1.807) is 0 Å². The summed E-state index contributed by atoms with van der Waals surface area (Å²) >= 11 is 0. The molecular formula is C27H37NO7. The minimum absolute atomic E-state index is 0.366. The number of amides is 1. The van der Waals surface area contributed by atoms with Crippen LogP contribution in [-0.4, -0.2) is 57.1 Å². The van der Waals surface area contributed by atoms with Crippen molar-refractivity contribution in [2.24, 2.45) is 29.6 Å². The molecule has 1 fully saturated rings. The van der Waals surface area contributed by atoms with Gasteiger partial charge in [0.25, 0.3) is 0 Å². The van der Waals surface area contributed by atoms with Gasteiger partial charge >= 0.3 is 17.9 Å². The first-order chi connectivity index (χ1) is 16.7. The Bertz CT molecular complexity index is 876. The highest BCUT2D eigenvalue weighted by atomic mass is 16.4. The molecule has 0 unspecified atom stereocenters. The number of benzene rings is 1. The van der Waals surface area contributed by atoms with Crippen LogP contribution in [0.4, 0.5) is 0 Å². The number of allylic oxidation sites excluding steroid dienone is 2. The minimum atomic E-state index is -1.60. The lowest BCUT2D eigenvalue weighted by molar-refractivity contribution is -0.189. The predicted octanol–water partition coefficient (Wildman–Crippen LogP) is 3.95. The third-order valence-corrected chi connectivity index (χ3v) is 6.72. The van der Waals surface area contributed by atoms with E-state index in [0.29, 0.717) is 31.8 Å². The third-order valence-electron chi connectivity index (χ3n) is 6.72. The summed E-state index contributed by atoms with van der Waals surface area (Å²) in [6.45, 7) is 4.78. The van der Waals surface area contributed by atoms with Gasteiger partial charge in [0.1, 0.15) is 0 Å². The number of carboxylic acid groups (broad SMARTS) is 3. The Morgan fingerprint density at radius 1 is 0.886 bits per heavy atom. The van der Waals surface area contributed by atoms with E-state index in [0.717, 1.165) is 25.7 Å². The fourth-order valence-corrected chi connectivity index (χ4v) is 4.89. The van der Waals surface area contributed by atoms with Crippen LogP contribution in [0, 0.1) is 29.6 Å². The SMILES string of the molecule is CCCN(CCC/C=C/[C@H](C)CCCc1ccccc1)C(=O)C1[C@H](C(=O)O)C(C(=O)O)[C@H]1C(=O)O. The van der Waals surface area contributed by atoms with Gasteiger partial charge in [-0.15, -0.1) is 0 Å². The molecule has 1 aliphatic carbocycles. The Labute approximate surface area is 206 Å². The zero-order valence-corrected chi connectivity index (χ0v) is 20.5. The molecule has 1 amide bonds. The molecular weight excluding hydrogens is 450 g/mol. The standard InChI is InChI=1S/C27H37NO7/c1-3-16-28(24(29)20-21(25(30)31)23(27(34)35)22(20)26(32)33)17-9-5-6-11-18(2)12-10-15-19-13-7-4-8-14-19/h4,6-8,11,13-14,18,20-23H,3,5,9-10,12,15-17H2,1-2H3,(H,30,31)(H,32,33)(H,34,35)/b11-6+/t18-,20?,21-,22-,23?/m0/s1. The highest BCUT2D eigenvalue weighted by molar-refractivity contribution is 5.98. The van der Waals surface area contributed by atoms with E-state index in [9.17, 15) is 34.5 Å². The van der Waals surface area contributed by atoms with Gasteiger partial charge in [-0.1, -0.05) is 56.3 Å². The fraction of sp³-hybridized carbons (Fsp3) is 0.556. The maximum atomic E-state index is 13.1. The molecule has 3 atom stereocenters. The summed E-state index contributed by atoms with van der Waals surface area (Å²) in [5.74, 6) is -10.6. The number of carbonyl (C=O) groups is 4. The Balaban J connectivity index is 1.87. The number of carboxylic acids is 3. The van der Waals surface area contributed by atoms with E-state index in [4.69, 9.17) is 0 Å². The maximum absolute atomic E-state index is 13.1. The number of aryl methyl sites for hydroxylation is 1. The molecule has 0 saturated heterocycles. The van der Waals surface area contributed by atoms with Crippen LogP contribution in [0.1, 0.15) is 51.5 Å².